The van der Waals surface area contributed by atoms with Crippen molar-refractivity contribution in [2.24, 2.45) is 0 Å². The highest BCUT2D eigenvalue weighted by Crippen LogP contribution is 2.34. The number of halogens is 1. The molecule has 2 aromatic heterocycles. The predicted octanol–water partition coefficient (Wildman–Crippen LogP) is 2.90. The van der Waals surface area contributed by atoms with Crippen LogP contribution in [0.15, 0.2) is 23.8 Å². The van der Waals surface area contributed by atoms with Crippen molar-refractivity contribution in [2.45, 2.75) is 13.0 Å². The number of methoxy groups -OCH3 is 1. The molecule has 18 heavy (non-hydrogen) atoms. The van der Waals surface area contributed by atoms with Gasteiger partial charge in [0.25, 0.3) is 0 Å². The summed E-state index contributed by atoms with van der Waals surface area (Å²) in [5.41, 5.74) is 0.756. The Hall–Kier alpha value is -1.17. The zero-order valence-electron chi connectivity index (χ0n) is 10.2. The van der Waals surface area contributed by atoms with Gasteiger partial charge in [-0.25, -0.2) is 4.98 Å². The molecule has 2 heterocycles. The molecule has 0 aromatic carbocycles. The van der Waals surface area contributed by atoms with E-state index in [0.717, 1.165) is 22.1 Å². The fraction of sp³-hybridized carbons (Fsp3) is 0.333. The topological polar surface area (TPSA) is 47.0 Å². The molecule has 2 rings (SSSR count). The number of hydrogen-bond acceptors (Lipinski definition) is 5. The molecule has 0 amide bonds. The predicted molar refractivity (Wildman–Crippen MR) is 73.4 cm³/mol. The van der Waals surface area contributed by atoms with Gasteiger partial charge in [-0.1, -0.05) is 18.5 Å². The molecule has 96 valence electrons. The van der Waals surface area contributed by atoms with E-state index in [-0.39, 0.29) is 6.04 Å². The van der Waals surface area contributed by atoms with E-state index >= 15 is 0 Å². The van der Waals surface area contributed by atoms with Crippen LogP contribution in [0.4, 0.5) is 0 Å². The minimum absolute atomic E-state index is 0.0915. The molecule has 0 saturated carbocycles. The third kappa shape index (κ3) is 2.63. The molecular weight excluding hydrogens is 270 g/mol. The van der Waals surface area contributed by atoms with Crippen LogP contribution in [-0.4, -0.2) is 23.6 Å². The van der Waals surface area contributed by atoms with Crippen LogP contribution in [0, 0.1) is 0 Å². The Bertz CT molecular complexity index is 518. The second-order valence-corrected chi connectivity index (χ2v) is 4.93. The molecule has 1 N–H and O–H groups in total. The molecule has 0 bridgehead atoms. The van der Waals surface area contributed by atoms with Crippen LogP contribution in [0.5, 0.6) is 5.88 Å². The quantitative estimate of drug-likeness (QED) is 0.916. The number of aromatic nitrogens is 2. The smallest absolute Gasteiger partial charge is 0.237 e. The van der Waals surface area contributed by atoms with E-state index < -0.39 is 0 Å². The number of ether oxygens (including phenoxy) is 1. The summed E-state index contributed by atoms with van der Waals surface area (Å²) < 4.78 is 5.26. The molecule has 6 heteroatoms. The van der Waals surface area contributed by atoms with Gasteiger partial charge in [0.2, 0.25) is 5.88 Å². The SMILES string of the molecule is CCNC(c1nccnc1OC)c1sccc1Cl. The normalized spacial score (nSPS) is 12.4. The zero-order chi connectivity index (χ0) is 13.0. The van der Waals surface area contributed by atoms with Gasteiger partial charge in [0.05, 0.1) is 18.2 Å². The van der Waals surface area contributed by atoms with Crippen LogP contribution in [0.2, 0.25) is 5.02 Å². The monoisotopic (exact) mass is 283 g/mol. The van der Waals surface area contributed by atoms with Crippen LogP contribution in [0.1, 0.15) is 23.5 Å². The third-order valence-corrected chi connectivity index (χ3v) is 3.90. The van der Waals surface area contributed by atoms with Crippen molar-refractivity contribution in [1.29, 1.82) is 0 Å². The average Bonchev–Trinajstić information content (AvgIpc) is 2.82. The highest BCUT2D eigenvalue weighted by molar-refractivity contribution is 7.10. The molecule has 1 unspecified atom stereocenters. The Balaban J connectivity index is 2.45. The fourth-order valence-corrected chi connectivity index (χ4v) is 2.96. The van der Waals surface area contributed by atoms with Crippen molar-refractivity contribution in [3.05, 3.63) is 39.4 Å². The molecule has 0 radical (unpaired) electrons. The first-order valence-electron chi connectivity index (χ1n) is 5.59. The van der Waals surface area contributed by atoms with Gasteiger partial charge in [-0.2, -0.15) is 0 Å². The lowest BCUT2D eigenvalue weighted by atomic mass is 10.1. The fourth-order valence-electron chi connectivity index (χ4n) is 1.72. The maximum atomic E-state index is 6.20. The molecule has 0 aliphatic heterocycles. The van der Waals surface area contributed by atoms with E-state index in [4.69, 9.17) is 16.3 Å². The van der Waals surface area contributed by atoms with Crippen LogP contribution < -0.4 is 10.1 Å². The molecule has 0 aliphatic carbocycles. The van der Waals surface area contributed by atoms with Gasteiger partial charge < -0.3 is 10.1 Å². The molecule has 4 nitrogen and oxygen atoms in total. The summed E-state index contributed by atoms with van der Waals surface area (Å²) in [5, 5.41) is 6.06. The molecule has 0 aliphatic rings. The number of nitrogens with zero attached hydrogens (tertiary/aromatic N) is 2. The number of nitrogens with one attached hydrogen (secondary N) is 1. The second-order valence-electron chi connectivity index (χ2n) is 3.57. The van der Waals surface area contributed by atoms with E-state index in [2.05, 4.69) is 15.3 Å². The maximum absolute atomic E-state index is 6.20. The summed E-state index contributed by atoms with van der Waals surface area (Å²) in [7, 11) is 1.59. The summed E-state index contributed by atoms with van der Waals surface area (Å²) in [4.78, 5) is 9.57. The van der Waals surface area contributed by atoms with Crippen molar-refractivity contribution < 1.29 is 4.74 Å². The van der Waals surface area contributed by atoms with Gasteiger partial charge in [-0.15, -0.1) is 11.3 Å². The lowest BCUT2D eigenvalue weighted by Crippen LogP contribution is -2.23. The summed E-state index contributed by atoms with van der Waals surface area (Å²) in [6.07, 6.45) is 3.27. The highest BCUT2D eigenvalue weighted by Gasteiger charge is 2.22. The van der Waals surface area contributed by atoms with Gasteiger partial charge in [0.15, 0.2) is 0 Å². The minimum atomic E-state index is -0.0915. The van der Waals surface area contributed by atoms with Crippen molar-refractivity contribution in [3.8, 4) is 5.88 Å². The Labute approximate surface area is 115 Å². The van der Waals surface area contributed by atoms with Crippen LogP contribution in [-0.2, 0) is 0 Å². The second kappa shape index (κ2) is 6.13. The largest absolute Gasteiger partial charge is 0.480 e. The Morgan fingerprint density at radius 2 is 2.22 bits per heavy atom. The Morgan fingerprint density at radius 1 is 1.44 bits per heavy atom. The highest BCUT2D eigenvalue weighted by atomic mass is 35.5. The first-order chi connectivity index (χ1) is 8.77. The van der Waals surface area contributed by atoms with E-state index in [1.807, 2.05) is 18.4 Å². The Kier molecular flexibility index (Phi) is 4.52. The first-order valence-corrected chi connectivity index (χ1v) is 6.84. The molecule has 0 fully saturated rings. The van der Waals surface area contributed by atoms with E-state index in [0.29, 0.717) is 5.88 Å². The van der Waals surface area contributed by atoms with Gasteiger partial charge in [-0.3, -0.25) is 4.98 Å². The van der Waals surface area contributed by atoms with E-state index in [1.54, 1.807) is 30.8 Å². The summed E-state index contributed by atoms with van der Waals surface area (Å²) >= 11 is 7.79. The van der Waals surface area contributed by atoms with Gasteiger partial charge in [0.1, 0.15) is 5.69 Å². The van der Waals surface area contributed by atoms with Crippen molar-refractivity contribution in [2.75, 3.05) is 13.7 Å². The molecule has 0 spiro atoms. The van der Waals surface area contributed by atoms with Crippen molar-refractivity contribution >= 4 is 22.9 Å². The van der Waals surface area contributed by atoms with Gasteiger partial charge >= 0.3 is 0 Å². The molecular formula is C12H14ClN3OS. The van der Waals surface area contributed by atoms with Gasteiger partial charge in [0, 0.05) is 17.3 Å². The summed E-state index contributed by atoms with van der Waals surface area (Å²) in [6.45, 7) is 2.84. The maximum Gasteiger partial charge on any atom is 0.237 e. The minimum Gasteiger partial charge on any atom is -0.480 e. The van der Waals surface area contributed by atoms with E-state index in [1.165, 1.54) is 0 Å². The van der Waals surface area contributed by atoms with Crippen molar-refractivity contribution in [1.82, 2.24) is 15.3 Å². The van der Waals surface area contributed by atoms with Crippen LogP contribution in [0.3, 0.4) is 0 Å². The number of rotatable bonds is 5. The van der Waals surface area contributed by atoms with Crippen LogP contribution >= 0.6 is 22.9 Å². The van der Waals surface area contributed by atoms with Crippen molar-refractivity contribution in [3.63, 3.8) is 0 Å². The standard InChI is InChI=1S/C12H14ClN3OS/c1-3-14-9(11-8(13)4-7-18-11)10-12(17-2)16-6-5-15-10/h4-7,9,14H,3H2,1-2H3. The van der Waals surface area contributed by atoms with Gasteiger partial charge in [-0.05, 0) is 18.0 Å². The van der Waals surface area contributed by atoms with Crippen LogP contribution in [0.25, 0.3) is 0 Å². The number of hydrogen-bond donors (Lipinski definition) is 1. The number of thiophene rings is 1. The summed E-state index contributed by atoms with van der Waals surface area (Å²) in [6, 6.07) is 1.79. The third-order valence-electron chi connectivity index (χ3n) is 2.47. The molecule has 2 aromatic rings. The molecule has 0 saturated heterocycles. The average molecular weight is 284 g/mol. The molecule has 1 atom stereocenters. The summed E-state index contributed by atoms with van der Waals surface area (Å²) in [5.74, 6) is 0.521. The first kappa shape index (κ1) is 13.3. The Morgan fingerprint density at radius 3 is 2.83 bits per heavy atom. The zero-order valence-corrected chi connectivity index (χ0v) is 11.8. The lowest BCUT2D eigenvalue weighted by Gasteiger charge is -2.18. The van der Waals surface area contributed by atoms with E-state index in [9.17, 15) is 0 Å². The lowest BCUT2D eigenvalue weighted by molar-refractivity contribution is 0.383.